The fourth-order valence-electron chi connectivity index (χ4n) is 4.12. The van der Waals surface area contributed by atoms with Crippen molar-refractivity contribution in [3.63, 3.8) is 0 Å². The van der Waals surface area contributed by atoms with E-state index < -0.39 is 32.6 Å². The number of carbonyl (C=O) groups is 2. The van der Waals surface area contributed by atoms with Gasteiger partial charge >= 0.3 is 0 Å². The molecule has 1 fully saturated rings. The zero-order chi connectivity index (χ0) is 27.6. The quantitative estimate of drug-likeness (QED) is 0.260. The highest BCUT2D eigenvalue weighted by molar-refractivity contribution is 7.92. The number of H-pyrrole nitrogens is 1. The number of ether oxygens (including phenoxy) is 1. The van der Waals surface area contributed by atoms with E-state index in [1.54, 1.807) is 24.3 Å². The highest BCUT2D eigenvalue weighted by Crippen LogP contribution is 2.36. The minimum Gasteiger partial charge on any atom is -0.384 e. The van der Waals surface area contributed by atoms with Crippen LogP contribution in [0.5, 0.6) is 0 Å². The van der Waals surface area contributed by atoms with Crippen molar-refractivity contribution in [1.29, 1.82) is 0 Å². The van der Waals surface area contributed by atoms with Crippen molar-refractivity contribution in [2.45, 2.75) is 24.5 Å². The molecule has 2 N–H and O–H groups in total. The van der Waals surface area contributed by atoms with E-state index in [1.165, 1.54) is 19.2 Å². The second-order valence-electron chi connectivity index (χ2n) is 9.31. The second-order valence-corrected chi connectivity index (χ2v) is 12.6. The van der Waals surface area contributed by atoms with Crippen LogP contribution in [0.25, 0.3) is 32.7 Å². The molecular formula is C25H25FN6O5S2. The van der Waals surface area contributed by atoms with Crippen LogP contribution < -0.4 is 5.32 Å². The first kappa shape index (κ1) is 27.0. The lowest BCUT2D eigenvalue weighted by Gasteiger charge is -2.15. The number of amides is 1. The van der Waals surface area contributed by atoms with E-state index in [0.29, 0.717) is 39.5 Å². The number of aromatic nitrogens is 5. The smallest absolute Gasteiger partial charge is 0.245 e. The van der Waals surface area contributed by atoms with Gasteiger partial charge in [0.25, 0.3) is 0 Å². The van der Waals surface area contributed by atoms with Gasteiger partial charge in [0.15, 0.2) is 20.9 Å². The molecule has 4 aromatic rings. The number of methoxy groups -OCH3 is 1. The maximum absolute atomic E-state index is 15.2. The van der Waals surface area contributed by atoms with Crippen molar-refractivity contribution < 1.29 is 27.1 Å². The van der Waals surface area contributed by atoms with E-state index in [4.69, 9.17) is 4.74 Å². The number of hydrogen-bond donors (Lipinski definition) is 2. The van der Waals surface area contributed by atoms with Gasteiger partial charge in [0.1, 0.15) is 10.8 Å². The predicted octanol–water partition coefficient (Wildman–Crippen LogP) is 2.87. The Balaban J connectivity index is 1.44. The molecule has 2 aromatic carbocycles. The highest BCUT2D eigenvalue weighted by atomic mass is 32.2. The van der Waals surface area contributed by atoms with Crippen molar-refractivity contribution in [1.82, 2.24) is 30.9 Å². The third-order valence-corrected chi connectivity index (χ3v) is 9.48. The average Bonchev–Trinajstić information content (AvgIpc) is 3.38. The van der Waals surface area contributed by atoms with E-state index in [2.05, 4.69) is 30.9 Å². The maximum atomic E-state index is 15.2. The van der Waals surface area contributed by atoms with Gasteiger partial charge in [-0.25, -0.2) is 17.8 Å². The van der Waals surface area contributed by atoms with Gasteiger partial charge in [0, 0.05) is 24.7 Å². The van der Waals surface area contributed by atoms with Crippen molar-refractivity contribution >= 4 is 43.1 Å². The molecule has 0 spiro atoms. The number of hydrogen-bond acceptors (Lipinski definition) is 10. The van der Waals surface area contributed by atoms with Crippen LogP contribution in [0.15, 0.2) is 36.4 Å². The second kappa shape index (κ2) is 11.2. The Morgan fingerprint density at radius 3 is 2.62 bits per heavy atom. The molecule has 1 aliphatic rings. The minimum atomic E-state index is -4.06. The summed E-state index contributed by atoms with van der Waals surface area (Å²) in [6.45, 7) is -0.370. The van der Waals surface area contributed by atoms with Crippen LogP contribution >= 0.6 is 11.3 Å². The first-order valence-corrected chi connectivity index (χ1v) is 14.7. The Kier molecular flexibility index (Phi) is 7.77. The summed E-state index contributed by atoms with van der Waals surface area (Å²) in [5.41, 5.74) is 1.86. The Labute approximate surface area is 227 Å². The number of aromatic amines is 1. The molecule has 0 bridgehead atoms. The summed E-state index contributed by atoms with van der Waals surface area (Å²) in [5, 5.41) is 14.6. The number of Topliss-reactive ketones (excluding diaryl/α,β-unsaturated/α-hetero) is 1. The first-order chi connectivity index (χ1) is 18.7. The lowest BCUT2D eigenvalue weighted by Crippen LogP contribution is -2.38. The fraction of sp³-hybridized carbons (Fsp3) is 0.360. The largest absolute Gasteiger partial charge is 0.384 e. The number of rotatable bonds is 12. The molecule has 39 heavy (non-hydrogen) atoms. The summed E-state index contributed by atoms with van der Waals surface area (Å²) in [7, 11) is -2.70. The molecule has 2 aromatic heterocycles. The van der Waals surface area contributed by atoms with Crippen molar-refractivity contribution in [3.8, 4) is 22.5 Å². The number of thiazole rings is 1. The van der Waals surface area contributed by atoms with Crippen LogP contribution in [0.4, 0.5) is 4.39 Å². The van der Waals surface area contributed by atoms with E-state index in [0.717, 1.165) is 24.2 Å². The number of tetrazole rings is 1. The molecule has 1 saturated carbocycles. The molecule has 1 amide bonds. The van der Waals surface area contributed by atoms with Crippen molar-refractivity contribution in [2.24, 2.45) is 5.92 Å². The standard InChI is InChI=1S/C25H25FN6O5S2/c1-37-8-9-39(35,36)22(24(34)27-13-17(33)10-14-2-3-14)25-28-20-11-18(19(26)12-21(20)38-25)15-4-6-16(7-5-15)23-29-31-32-30-23/h4-7,11-12,14,22H,2-3,8-10,13H2,1H3,(H,27,34)(H,29,30,31,32). The highest BCUT2D eigenvalue weighted by Gasteiger charge is 2.37. The van der Waals surface area contributed by atoms with Gasteiger partial charge in [0.05, 0.1) is 29.1 Å². The van der Waals surface area contributed by atoms with Gasteiger partial charge in [-0.15, -0.1) is 21.5 Å². The van der Waals surface area contributed by atoms with Crippen LogP contribution in [0.2, 0.25) is 0 Å². The summed E-state index contributed by atoms with van der Waals surface area (Å²) in [4.78, 5) is 29.7. The molecule has 0 saturated heterocycles. The maximum Gasteiger partial charge on any atom is 0.245 e. The van der Waals surface area contributed by atoms with Crippen molar-refractivity contribution in [3.05, 3.63) is 47.2 Å². The third kappa shape index (κ3) is 6.18. The number of carbonyl (C=O) groups excluding carboxylic acids is 2. The summed E-state index contributed by atoms with van der Waals surface area (Å²) in [5.74, 6) is -1.19. The zero-order valence-electron chi connectivity index (χ0n) is 20.9. The van der Waals surface area contributed by atoms with Gasteiger partial charge in [-0.05, 0) is 41.7 Å². The summed E-state index contributed by atoms with van der Waals surface area (Å²) < 4.78 is 46.8. The normalized spacial score (nSPS) is 14.4. The van der Waals surface area contributed by atoms with Crippen molar-refractivity contribution in [2.75, 3.05) is 26.0 Å². The summed E-state index contributed by atoms with van der Waals surface area (Å²) in [6.07, 6.45) is 2.34. The van der Waals surface area contributed by atoms with Gasteiger partial charge < -0.3 is 10.1 Å². The van der Waals surface area contributed by atoms with Gasteiger partial charge in [-0.1, -0.05) is 24.3 Å². The Morgan fingerprint density at radius 2 is 1.95 bits per heavy atom. The molecule has 14 heteroatoms. The SMILES string of the molecule is COCCS(=O)(=O)C(C(=O)NCC(=O)CC1CC1)c1nc2cc(-c3ccc(-c4nn[nH]n4)cc3)c(F)cc2s1. The Morgan fingerprint density at radius 1 is 1.21 bits per heavy atom. The Hall–Kier alpha value is -3.62. The minimum absolute atomic E-state index is 0.00255. The number of sulfone groups is 1. The van der Waals surface area contributed by atoms with Gasteiger partial charge in [-0.2, -0.15) is 5.21 Å². The number of nitrogens with zero attached hydrogens (tertiary/aromatic N) is 4. The Bertz CT molecular complexity index is 1600. The topological polar surface area (TPSA) is 157 Å². The van der Waals surface area contributed by atoms with Crippen LogP contribution in [0.3, 0.4) is 0 Å². The van der Waals surface area contributed by atoms with Crippen LogP contribution in [0, 0.1) is 11.7 Å². The number of benzene rings is 2. The van der Waals surface area contributed by atoms with Crippen LogP contribution in [-0.4, -0.2) is 71.7 Å². The molecule has 1 aliphatic carbocycles. The molecule has 1 unspecified atom stereocenters. The average molecular weight is 573 g/mol. The number of nitrogens with one attached hydrogen (secondary N) is 2. The van der Waals surface area contributed by atoms with E-state index in [1.807, 2.05) is 0 Å². The molecular weight excluding hydrogens is 547 g/mol. The van der Waals surface area contributed by atoms with E-state index in [9.17, 15) is 18.0 Å². The van der Waals surface area contributed by atoms with Crippen LogP contribution in [-0.2, 0) is 24.2 Å². The number of ketones is 1. The van der Waals surface area contributed by atoms with Gasteiger partial charge in [-0.3, -0.25) is 9.59 Å². The summed E-state index contributed by atoms with van der Waals surface area (Å²) >= 11 is 0.924. The molecule has 0 radical (unpaired) electrons. The number of halogens is 1. The lowest BCUT2D eigenvalue weighted by atomic mass is 10.0. The zero-order valence-corrected chi connectivity index (χ0v) is 22.5. The third-order valence-electron chi connectivity index (χ3n) is 6.36. The molecule has 204 valence electrons. The lowest BCUT2D eigenvalue weighted by molar-refractivity contribution is -0.125. The van der Waals surface area contributed by atoms with E-state index in [-0.39, 0.29) is 29.5 Å². The molecule has 1 atom stereocenters. The monoisotopic (exact) mass is 572 g/mol. The van der Waals surface area contributed by atoms with Gasteiger partial charge in [0.2, 0.25) is 11.7 Å². The number of fused-ring (bicyclic) bond motifs is 1. The molecule has 5 rings (SSSR count). The predicted molar refractivity (Wildman–Crippen MR) is 142 cm³/mol. The molecule has 11 nitrogen and oxygen atoms in total. The first-order valence-electron chi connectivity index (χ1n) is 12.2. The molecule has 0 aliphatic heterocycles. The summed E-state index contributed by atoms with van der Waals surface area (Å²) in [6, 6.07) is 9.65. The molecule has 2 heterocycles. The fourth-order valence-corrected chi connectivity index (χ4v) is 7.07. The van der Waals surface area contributed by atoms with E-state index >= 15 is 4.39 Å². The van der Waals surface area contributed by atoms with Crippen LogP contribution in [0.1, 0.15) is 29.5 Å².